The number of rotatable bonds is 10. The van der Waals surface area contributed by atoms with E-state index in [4.69, 9.17) is 18.9 Å². The van der Waals surface area contributed by atoms with Gasteiger partial charge < -0.3 is 34.1 Å². The highest BCUT2D eigenvalue weighted by atomic mass is 16.5. The summed E-state index contributed by atoms with van der Waals surface area (Å²) in [7, 11) is 10.6. The molecule has 1 N–H and O–H groups in total. The summed E-state index contributed by atoms with van der Waals surface area (Å²) >= 11 is 0. The first-order valence-corrected chi connectivity index (χ1v) is 13.8. The van der Waals surface area contributed by atoms with Gasteiger partial charge in [0.1, 0.15) is 23.0 Å². The molecule has 41 heavy (non-hydrogen) atoms. The van der Waals surface area contributed by atoms with Crippen molar-refractivity contribution in [3.63, 3.8) is 0 Å². The van der Waals surface area contributed by atoms with Crippen LogP contribution in [-0.2, 0) is 17.8 Å². The van der Waals surface area contributed by atoms with Crippen LogP contribution < -0.4 is 24.3 Å². The molecule has 2 aromatic carbocycles. The van der Waals surface area contributed by atoms with Gasteiger partial charge in [-0.15, -0.1) is 0 Å². The number of urea groups is 1. The van der Waals surface area contributed by atoms with Crippen molar-refractivity contribution in [2.75, 3.05) is 60.9 Å². The second-order valence-corrected chi connectivity index (χ2v) is 10.4. The number of hydrogen-bond donors (Lipinski definition) is 1. The van der Waals surface area contributed by atoms with E-state index in [1.807, 2.05) is 21.9 Å². The molecule has 1 fully saturated rings. The average Bonchev–Trinajstić information content (AvgIpc) is 3.15. The SMILES string of the molecule is CCN1C(=O)N2Cc3cc(OC)cc(OC)c3CC/C=C\2C1(C)CCN(C)C.COc1ccc(NC=O)c(OC)c1. The topological polar surface area (TPSA) is 92.8 Å². The third-order valence-corrected chi connectivity index (χ3v) is 7.68. The Morgan fingerprint density at radius 1 is 1.00 bits per heavy atom. The van der Waals surface area contributed by atoms with Crippen LogP contribution in [0, 0.1) is 0 Å². The third-order valence-electron chi connectivity index (χ3n) is 7.68. The number of allylic oxidation sites excluding steroid dienone is 1. The van der Waals surface area contributed by atoms with Gasteiger partial charge in [0.2, 0.25) is 6.41 Å². The molecule has 224 valence electrons. The Kier molecular flexibility index (Phi) is 10.9. The van der Waals surface area contributed by atoms with E-state index >= 15 is 0 Å². The Labute approximate surface area is 243 Å². The fourth-order valence-electron chi connectivity index (χ4n) is 5.47. The summed E-state index contributed by atoms with van der Waals surface area (Å²) in [6, 6.07) is 9.22. The van der Waals surface area contributed by atoms with Gasteiger partial charge in [-0.3, -0.25) is 9.69 Å². The van der Waals surface area contributed by atoms with Gasteiger partial charge in [-0.2, -0.15) is 0 Å². The van der Waals surface area contributed by atoms with Crippen LogP contribution in [0.25, 0.3) is 0 Å². The molecule has 3 amide bonds. The second kappa shape index (κ2) is 14.1. The lowest BCUT2D eigenvalue weighted by atomic mass is 9.89. The van der Waals surface area contributed by atoms with Crippen molar-refractivity contribution in [2.45, 2.75) is 45.2 Å². The minimum absolute atomic E-state index is 0.0876. The van der Waals surface area contributed by atoms with Crippen molar-refractivity contribution in [3.8, 4) is 23.0 Å². The summed E-state index contributed by atoms with van der Waals surface area (Å²) in [6.07, 6.45) is 5.55. The Morgan fingerprint density at radius 2 is 1.68 bits per heavy atom. The van der Waals surface area contributed by atoms with Crippen LogP contribution in [0.4, 0.5) is 10.5 Å². The Balaban J connectivity index is 0.000000298. The number of likely N-dealkylation sites (N-methyl/N-ethyl adjacent to an activating group) is 1. The predicted molar refractivity (Wildman–Crippen MR) is 160 cm³/mol. The van der Waals surface area contributed by atoms with E-state index in [2.05, 4.69) is 44.2 Å². The Bertz CT molecular complexity index is 1250. The lowest BCUT2D eigenvalue weighted by Gasteiger charge is -2.35. The number of nitrogens with one attached hydrogen (secondary N) is 1. The van der Waals surface area contributed by atoms with Gasteiger partial charge in [0.05, 0.1) is 46.2 Å². The molecule has 2 aliphatic heterocycles. The van der Waals surface area contributed by atoms with Crippen LogP contribution in [0.1, 0.15) is 37.8 Å². The van der Waals surface area contributed by atoms with Crippen molar-refractivity contribution in [1.29, 1.82) is 0 Å². The fraction of sp³-hybridized carbons (Fsp3) is 0.484. The number of hydrogen-bond acceptors (Lipinski definition) is 7. The monoisotopic (exact) mass is 568 g/mol. The maximum atomic E-state index is 13.3. The molecule has 0 spiro atoms. The summed E-state index contributed by atoms with van der Waals surface area (Å²) in [5, 5.41) is 2.52. The summed E-state index contributed by atoms with van der Waals surface area (Å²) in [4.78, 5) is 29.7. The van der Waals surface area contributed by atoms with Gasteiger partial charge in [0.15, 0.2) is 0 Å². The maximum absolute atomic E-state index is 13.3. The Hall–Kier alpha value is -3.92. The number of anilines is 1. The number of methoxy groups -OCH3 is 4. The molecule has 2 aromatic rings. The highest BCUT2D eigenvalue weighted by molar-refractivity contribution is 5.82. The maximum Gasteiger partial charge on any atom is 0.325 e. The van der Waals surface area contributed by atoms with Crippen LogP contribution in [0.5, 0.6) is 23.0 Å². The van der Waals surface area contributed by atoms with E-state index in [9.17, 15) is 9.59 Å². The number of carbonyl (C=O) groups is 2. The molecule has 0 radical (unpaired) electrons. The van der Waals surface area contributed by atoms with Gasteiger partial charge in [0.25, 0.3) is 0 Å². The number of nitrogens with zero attached hydrogens (tertiary/aromatic N) is 3. The van der Waals surface area contributed by atoms with E-state index in [1.54, 1.807) is 39.5 Å². The van der Waals surface area contributed by atoms with Crippen molar-refractivity contribution < 1.29 is 28.5 Å². The largest absolute Gasteiger partial charge is 0.497 e. The zero-order chi connectivity index (χ0) is 30.2. The molecule has 0 aliphatic carbocycles. The first-order chi connectivity index (χ1) is 19.7. The molecule has 1 unspecified atom stereocenters. The third kappa shape index (κ3) is 6.87. The lowest BCUT2D eigenvalue weighted by Crippen LogP contribution is -2.45. The van der Waals surface area contributed by atoms with Gasteiger partial charge in [-0.05, 0) is 76.5 Å². The molecule has 1 saturated heterocycles. The Morgan fingerprint density at radius 3 is 2.27 bits per heavy atom. The van der Waals surface area contributed by atoms with Crippen LogP contribution >= 0.6 is 0 Å². The van der Waals surface area contributed by atoms with Crippen molar-refractivity contribution in [1.82, 2.24) is 14.7 Å². The van der Waals surface area contributed by atoms with E-state index in [1.165, 1.54) is 7.11 Å². The predicted octanol–water partition coefficient (Wildman–Crippen LogP) is 4.77. The fourth-order valence-corrected chi connectivity index (χ4v) is 5.47. The molecule has 10 nitrogen and oxygen atoms in total. The summed E-state index contributed by atoms with van der Waals surface area (Å²) < 4.78 is 21.1. The van der Waals surface area contributed by atoms with E-state index < -0.39 is 0 Å². The molecule has 0 saturated carbocycles. The van der Waals surface area contributed by atoms with Crippen molar-refractivity contribution in [2.24, 2.45) is 0 Å². The number of ether oxygens (including phenoxy) is 4. The van der Waals surface area contributed by atoms with Gasteiger partial charge in [0, 0.05) is 30.9 Å². The van der Waals surface area contributed by atoms with Crippen LogP contribution in [-0.4, -0.2) is 88.3 Å². The standard InChI is InChI=1S/C22H33N3O3.C9H11NO3/c1-7-25-21(26)24-15-16-13-17(27-5)14-19(28-6)18(16)9-8-10-20(24)22(25,2)11-12-23(3)4;1-12-7-3-4-8(10-6-11)9(5-7)13-2/h10,13-14H,7-9,11-12,15H2,1-6H3;3-6H,1-2H3,(H,10,11)/b20-10-;. The average molecular weight is 569 g/mol. The number of benzene rings is 2. The molecule has 0 aromatic heterocycles. The highest BCUT2D eigenvalue weighted by Gasteiger charge is 2.49. The smallest absolute Gasteiger partial charge is 0.325 e. The van der Waals surface area contributed by atoms with Gasteiger partial charge in [-0.1, -0.05) is 6.08 Å². The lowest BCUT2D eigenvalue weighted by molar-refractivity contribution is -0.105. The second-order valence-electron chi connectivity index (χ2n) is 10.4. The first kappa shape index (κ1) is 31.6. The molecule has 1 atom stereocenters. The molecular weight excluding hydrogens is 524 g/mol. The number of fused-ring (bicyclic) bond motifs is 2. The van der Waals surface area contributed by atoms with Gasteiger partial charge >= 0.3 is 6.03 Å². The molecule has 0 bridgehead atoms. The minimum atomic E-state index is -0.281. The zero-order valence-corrected chi connectivity index (χ0v) is 25.6. The van der Waals surface area contributed by atoms with Crippen LogP contribution in [0.3, 0.4) is 0 Å². The summed E-state index contributed by atoms with van der Waals surface area (Å²) in [6.45, 7) is 6.45. The van der Waals surface area contributed by atoms with Crippen molar-refractivity contribution >= 4 is 18.1 Å². The first-order valence-electron chi connectivity index (χ1n) is 13.8. The molecular formula is C31H44N4O6. The normalized spacial score (nSPS) is 19.0. The summed E-state index contributed by atoms with van der Waals surface area (Å²) in [5.41, 5.74) is 3.74. The molecule has 2 heterocycles. The van der Waals surface area contributed by atoms with Gasteiger partial charge in [-0.25, -0.2) is 4.79 Å². The molecule has 10 heteroatoms. The molecule has 2 aliphatic rings. The van der Waals surface area contributed by atoms with Crippen LogP contribution in [0.15, 0.2) is 42.1 Å². The minimum Gasteiger partial charge on any atom is -0.497 e. The van der Waals surface area contributed by atoms with Crippen LogP contribution in [0.2, 0.25) is 0 Å². The summed E-state index contributed by atoms with van der Waals surface area (Å²) in [5.74, 6) is 2.86. The molecule has 4 rings (SSSR count). The van der Waals surface area contributed by atoms with E-state index in [0.717, 1.165) is 54.1 Å². The van der Waals surface area contributed by atoms with E-state index in [-0.39, 0.29) is 11.6 Å². The zero-order valence-electron chi connectivity index (χ0n) is 25.6. The van der Waals surface area contributed by atoms with Crippen molar-refractivity contribution in [3.05, 3.63) is 53.2 Å². The number of carbonyl (C=O) groups excluding carboxylic acids is 2. The number of amides is 3. The van der Waals surface area contributed by atoms with E-state index in [0.29, 0.717) is 36.7 Å². The highest BCUT2D eigenvalue weighted by Crippen LogP contribution is 2.42. The quantitative estimate of drug-likeness (QED) is 0.413.